The van der Waals surface area contributed by atoms with Crippen LogP contribution in [0.15, 0.2) is 22.7 Å². The molecular formula is C13H20BrN3. The first-order valence-corrected chi connectivity index (χ1v) is 6.64. The van der Waals surface area contributed by atoms with E-state index < -0.39 is 0 Å². The van der Waals surface area contributed by atoms with Crippen LogP contribution < -0.4 is 10.6 Å². The second-order valence-electron chi connectivity index (χ2n) is 4.48. The molecule has 17 heavy (non-hydrogen) atoms. The Balaban J connectivity index is 3.18. The fraction of sp³-hybridized carbons (Fsp3) is 0.462. The van der Waals surface area contributed by atoms with Gasteiger partial charge in [0.05, 0.1) is 5.56 Å². The predicted molar refractivity (Wildman–Crippen MR) is 77.9 cm³/mol. The topological polar surface area (TPSA) is 53.1 Å². The average molecular weight is 298 g/mol. The number of nitrogens with zero attached hydrogens (tertiary/aromatic N) is 1. The van der Waals surface area contributed by atoms with Crippen molar-refractivity contribution in [3.05, 3.63) is 28.2 Å². The summed E-state index contributed by atoms with van der Waals surface area (Å²) in [4.78, 5) is 2.26. The largest absolute Gasteiger partial charge is 0.384 e. The van der Waals surface area contributed by atoms with Crippen molar-refractivity contribution in [2.75, 3.05) is 18.0 Å². The van der Waals surface area contributed by atoms with Gasteiger partial charge in [0.15, 0.2) is 0 Å². The lowest BCUT2D eigenvalue weighted by Gasteiger charge is -2.27. The summed E-state index contributed by atoms with van der Waals surface area (Å²) in [6, 6.07) is 5.92. The minimum atomic E-state index is 0.106. The van der Waals surface area contributed by atoms with Crippen LogP contribution in [-0.2, 0) is 0 Å². The second kappa shape index (κ2) is 6.05. The zero-order valence-corrected chi connectivity index (χ0v) is 12.2. The fourth-order valence-electron chi connectivity index (χ4n) is 1.88. The minimum Gasteiger partial charge on any atom is -0.384 e. The average Bonchev–Trinajstić information content (AvgIpc) is 2.24. The van der Waals surface area contributed by atoms with Gasteiger partial charge >= 0.3 is 0 Å². The Morgan fingerprint density at radius 1 is 1.47 bits per heavy atom. The van der Waals surface area contributed by atoms with Crippen LogP contribution in [0.5, 0.6) is 0 Å². The van der Waals surface area contributed by atoms with Crippen LogP contribution in [0.4, 0.5) is 5.69 Å². The quantitative estimate of drug-likeness (QED) is 0.648. The number of hydrogen-bond donors (Lipinski definition) is 2. The summed E-state index contributed by atoms with van der Waals surface area (Å²) in [5, 5.41) is 7.69. The molecule has 0 saturated carbocycles. The molecule has 1 aromatic carbocycles. The lowest BCUT2D eigenvalue weighted by Crippen LogP contribution is -2.30. The van der Waals surface area contributed by atoms with E-state index in [1.165, 1.54) is 0 Å². The molecule has 3 nitrogen and oxygen atoms in total. The number of nitrogen functional groups attached to an aromatic ring is 1. The molecule has 0 bridgehead atoms. The molecule has 0 saturated heterocycles. The highest BCUT2D eigenvalue weighted by Crippen LogP contribution is 2.27. The molecule has 0 aliphatic carbocycles. The number of amidine groups is 1. The number of halogens is 1. The fourth-order valence-corrected chi connectivity index (χ4v) is 2.45. The summed E-state index contributed by atoms with van der Waals surface area (Å²) >= 11 is 3.46. The molecule has 0 fully saturated rings. The normalized spacial score (nSPS) is 10.6. The van der Waals surface area contributed by atoms with Gasteiger partial charge < -0.3 is 10.6 Å². The molecule has 0 spiro atoms. The first-order chi connectivity index (χ1) is 7.97. The lowest BCUT2D eigenvalue weighted by molar-refractivity contribution is 0.618. The van der Waals surface area contributed by atoms with Gasteiger partial charge in [-0.15, -0.1) is 0 Å². The molecule has 0 aliphatic rings. The van der Waals surface area contributed by atoms with Crippen molar-refractivity contribution in [2.45, 2.75) is 20.8 Å². The molecule has 1 aromatic rings. The third-order valence-electron chi connectivity index (χ3n) is 2.57. The Morgan fingerprint density at radius 3 is 2.59 bits per heavy atom. The highest BCUT2D eigenvalue weighted by molar-refractivity contribution is 9.10. The van der Waals surface area contributed by atoms with Crippen LogP contribution in [0.3, 0.4) is 0 Å². The van der Waals surface area contributed by atoms with Gasteiger partial charge in [-0.2, -0.15) is 0 Å². The molecular weight excluding hydrogens is 278 g/mol. The van der Waals surface area contributed by atoms with Crippen molar-refractivity contribution in [1.82, 2.24) is 0 Å². The van der Waals surface area contributed by atoms with Gasteiger partial charge in [0, 0.05) is 23.2 Å². The lowest BCUT2D eigenvalue weighted by atomic mass is 10.1. The first-order valence-electron chi connectivity index (χ1n) is 5.85. The summed E-state index contributed by atoms with van der Waals surface area (Å²) in [5.41, 5.74) is 7.48. The van der Waals surface area contributed by atoms with Gasteiger partial charge in [-0.1, -0.05) is 19.9 Å². The predicted octanol–water partition coefficient (Wildman–Crippen LogP) is 3.22. The number of anilines is 1. The molecule has 0 aromatic heterocycles. The molecule has 0 radical (unpaired) electrons. The van der Waals surface area contributed by atoms with E-state index in [1.54, 1.807) is 0 Å². The van der Waals surface area contributed by atoms with E-state index in [4.69, 9.17) is 11.1 Å². The Labute approximate surface area is 112 Å². The summed E-state index contributed by atoms with van der Waals surface area (Å²) in [6.07, 6.45) is 0. The molecule has 0 aliphatic heterocycles. The van der Waals surface area contributed by atoms with E-state index in [-0.39, 0.29) is 5.84 Å². The van der Waals surface area contributed by atoms with Crippen LogP contribution >= 0.6 is 15.9 Å². The van der Waals surface area contributed by atoms with Crippen molar-refractivity contribution >= 4 is 27.5 Å². The Bertz CT molecular complexity index is 402. The Morgan fingerprint density at radius 2 is 2.12 bits per heavy atom. The molecule has 0 unspecified atom stereocenters. The van der Waals surface area contributed by atoms with Gasteiger partial charge in [0.1, 0.15) is 5.84 Å². The minimum absolute atomic E-state index is 0.106. The van der Waals surface area contributed by atoms with E-state index in [1.807, 2.05) is 18.2 Å². The van der Waals surface area contributed by atoms with Gasteiger partial charge in [0.2, 0.25) is 0 Å². The number of nitrogens with two attached hydrogens (primary N) is 1. The molecule has 0 heterocycles. The summed E-state index contributed by atoms with van der Waals surface area (Å²) in [6.45, 7) is 8.37. The smallest absolute Gasteiger partial charge is 0.126 e. The van der Waals surface area contributed by atoms with Gasteiger partial charge in [-0.3, -0.25) is 5.41 Å². The van der Waals surface area contributed by atoms with Gasteiger partial charge in [-0.25, -0.2) is 0 Å². The highest BCUT2D eigenvalue weighted by Gasteiger charge is 2.15. The molecule has 0 atom stereocenters. The number of hydrogen-bond acceptors (Lipinski definition) is 2. The zero-order chi connectivity index (χ0) is 13.0. The maximum absolute atomic E-state index is 7.69. The maximum atomic E-state index is 7.69. The molecule has 4 heteroatoms. The van der Waals surface area contributed by atoms with Crippen molar-refractivity contribution in [3.8, 4) is 0 Å². The standard InChI is InChI=1S/C13H20BrN3/c1-4-17(8-9(2)3)11-7-5-6-10(14)12(11)13(15)16/h5-7,9H,4,8H2,1-3H3,(H3,15,16). The molecule has 94 valence electrons. The number of benzene rings is 1. The van der Waals surface area contributed by atoms with Crippen molar-refractivity contribution in [3.63, 3.8) is 0 Å². The first kappa shape index (κ1) is 14.0. The SMILES string of the molecule is CCN(CC(C)C)c1cccc(Br)c1C(=N)N. The number of rotatable bonds is 5. The monoisotopic (exact) mass is 297 g/mol. The highest BCUT2D eigenvalue weighted by atomic mass is 79.9. The van der Waals surface area contributed by atoms with Crippen LogP contribution in [-0.4, -0.2) is 18.9 Å². The molecule has 3 N–H and O–H groups in total. The maximum Gasteiger partial charge on any atom is 0.126 e. The van der Waals surface area contributed by atoms with Crippen molar-refractivity contribution < 1.29 is 0 Å². The van der Waals surface area contributed by atoms with Crippen LogP contribution in [0, 0.1) is 11.3 Å². The summed E-state index contributed by atoms with van der Waals surface area (Å²) in [7, 11) is 0. The van der Waals surface area contributed by atoms with E-state index in [0.29, 0.717) is 5.92 Å². The number of nitrogens with one attached hydrogen (secondary N) is 1. The third kappa shape index (κ3) is 3.46. The molecule has 0 amide bonds. The third-order valence-corrected chi connectivity index (χ3v) is 3.23. The van der Waals surface area contributed by atoms with Crippen molar-refractivity contribution in [2.24, 2.45) is 11.7 Å². The van der Waals surface area contributed by atoms with E-state index in [2.05, 4.69) is 41.6 Å². The van der Waals surface area contributed by atoms with Crippen LogP contribution in [0.1, 0.15) is 26.3 Å². The van der Waals surface area contributed by atoms with Gasteiger partial charge in [0.25, 0.3) is 0 Å². The second-order valence-corrected chi connectivity index (χ2v) is 5.33. The van der Waals surface area contributed by atoms with Crippen molar-refractivity contribution in [1.29, 1.82) is 5.41 Å². The Hall–Kier alpha value is -1.03. The van der Waals surface area contributed by atoms with E-state index in [0.717, 1.165) is 28.8 Å². The summed E-state index contributed by atoms with van der Waals surface area (Å²) in [5.74, 6) is 0.684. The van der Waals surface area contributed by atoms with Crippen LogP contribution in [0.25, 0.3) is 0 Å². The van der Waals surface area contributed by atoms with E-state index in [9.17, 15) is 0 Å². The van der Waals surface area contributed by atoms with Gasteiger partial charge in [-0.05, 0) is 40.9 Å². The van der Waals surface area contributed by atoms with Crippen LogP contribution in [0.2, 0.25) is 0 Å². The Kier molecular flexibility index (Phi) is 5.00. The zero-order valence-electron chi connectivity index (χ0n) is 10.6. The molecule has 1 rings (SSSR count). The summed E-state index contributed by atoms with van der Waals surface area (Å²) < 4.78 is 0.879. The van der Waals surface area contributed by atoms with E-state index >= 15 is 0 Å².